The number of hydrogen-bond donors (Lipinski definition) is 3. The van der Waals surface area contributed by atoms with Gasteiger partial charge in [-0.05, 0) is 29.6 Å². The Labute approximate surface area is 110 Å². The average Bonchev–Trinajstić information content (AvgIpc) is 2.15. The summed E-state index contributed by atoms with van der Waals surface area (Å²) in [7, 11) is -1.77. The van der Waals surface area contributed by atoms with Crippen molar-refractivity contribution in [2.45, 2.75) is 20.8 Å². The molecule has 17 heavy (non-hydrogen) atoms. The van der Waals surface area contributed by atoms with Crippen LogP contribution in [0.15, 0.2) is 22.7 Å². The Morgan fingerprint density at radius 2 is 1.76 bits per heavy atom. The molecule has 0 spiro atoms. The molecule has 0 bridgehead atoms. The van der Waals surface area contributed by atoms with E-state index in [2.05, 4.69) is 36.7 Å². The summed E-state index contributed by atoms with van der Waals surface area (Å²) in [6.07, 6.45) is 0. The summed E-state index contributed by atoms with van der Waals surface area (Å²) in [5.74, 6) is -0.351. The molecule has 0 saturated carbocycles. The molecule has 94 valence electrons. The minimum absolute atomic E-state index is 0.0260. The Bertz CT molecular complexity index is 377. The minimum Gasteiger partial charge on any atom is -0.478 e. The fourth-order valence-electron chi connectivity index (χ4n) is 0.942. The summed E-state index contributed by atoms with van der Waals surface area (Å²) in [5.41, 5.74) is -0.139. The smallest absolute Gasteiger partial charge is 0.478 e. The zero-order chi connectivity index (χ0) is 13.6. The molecule has 0 radical (unpaired) electrons. The zero-order valence-electron chi connectivity index (χ0n) is 10.0. The van der Waals surface area contributed by atoms with E-state index in [-0.39, 0.29) is 11.0 Å². The van der Waals surface area contributed by atoms with E-state index in [9.17, 15) is 4.79 Å². The first-order chi connectivity index (χ1) is 7.75. The summed E-state index contributed by atoms with van der Waals surface area (Å²) < 4.78 is 0.598. The van der Waals surface area contributed by atoms with Crippen molar-refractivity contribution in [3.8, 4) is 0 Å². The summed E-state index contributed by atoms with van der Waals surface area (Å²) in [6, 6.07) is 4.19. The van der Waals surface area contributed by atoms with Crippen molar-refractivity contribution in [3.63, 3.8) is 0 Å². The maximum Gasteiger partial charge on any atom is 0.489 e. The third-order valence-electron chi connectivity index (χ3n) is 1.52. The highest BCUT2D eigenvalue weighted by molar-refractivity contribution is 9.10. The van der Waals surface area contributed by atoms with Gasteiger partial charge < -0.3 is 15.2 Å². The number of carboxylic acid groups (broad SMARTS) is 1. The Hall–Kier alpha value is -0.845. The summed E-state index contributed by atoms with van der Waals surface area (Å²) in [5, 5.41) is 26.4. The third kappa shape index (κ3) is 6.46. The van der Waals surface area contributed by atoms with Crippen LogP contribution in [-0.4, -0.2) is 28.2 Å². The van der Waals surface area contributed by atoms with Gasteiger partial charge in [-0.15, -0.1) is 0 Å². The number of halogens is 1. The lowest BCUT2D eigenvalue weighted by molar-refractivity contribution is 0.0697. The van der Waals surface area contributed by atoms with Crippen LogP contribution in [0.5, 0.6) is 0 Å². The van der Waals surface area contributed by atoms with Crippen LogP contribution < -0.4 is 5.46 Å². The molecule has 0 aliphatic rings. The van der Waals surface area contributed by atoms with Crippen molar-refractivity contribution in [2.24, 2.45) is 5.92 Å². The summed E-state index contributed by atoms with van der Waals surface area (Å²) in [4.78, 5) is 10.6. The summed E-state index contributed by atoms with van der Waals surface area (Å²) in [6.45, 7) is 6.50. The zero-order valence-corrected chi connectivity index (χ0v) is 11.6. The molecule has 0 aromatic heterocycles. The fourth-order valence-corrected chi connectivity index (χ4v) is 1.32. The van der Waals surface area contributed by atoms with Gasteiger partial charge in [-0.3, -0.25) is 0 Å². The largest absolute Gasteiger partial charge is 0.489 e. The van der Waals surface area contributed by atoms with Crippen LogP contribution in [0.2, 0.25) is 0 Å². The Balaban J connectivity index is 0.000000557. The second-order valence-electron chi connectivity index (χ2n) is 4.14. The van der Waals surface area contributed by atoms with E-state index in [0.29, 0.717) is 4.47 Å². The maximum atomic E-state index is 10.6. The monoisotopic (exact) mass is 302 g/mol. The Morgan fingerprint density at radius 1 is 1.29 bits per heavy atom. The van der Waals surface area contributed by atoms with Crippen LogP contribution in [-0.2, 0) is 0 Å². The Kier molecular flexibility index (Phi) is 7.10. The molecular weight excluding hydrogens is 287 g/mol. The van der Waals surface area contributed by atoms with Crippen molar-refractivity contribution in [1.82, 2.24) is 0 Å². The molecule has 0 aliphatic heterocycles. The van der Waals surface area contributed by atoms with Crippen LogP contribution in [0.4, 0.5) is 0 Å². The van der Waals surface area contributed by atoms with E-state index < -0.39 is 13.1 Å². The van der Waals surface area contributed by atoms with E-state index >= 15 is 0 Å². The molecule has 0 fully saturated rings. The minimum atomic E-state index is -1.77. The topological polar surface area (TPSA) is 77.8 Å². The van der Waals surface area contributed by atoms with Gasteiger partial charge in [-0.1, -0.05) is 36.7 Å². The van der Waals surface area contributed by atoms with Crippen molar-refractivity contribution in [1.29, 1.82) is 0 Å². The second kappa shape index (κ2) is 7.47. The molecule has 1 rings (SSSR count). The molecule has 0 atom stereocenters. The highest BCUT2D eigenvalue weighted by atomic mass is 79.9. The second-order valence-corrected chi connectivity index (χ2v) is 5.06. The molecule has 1 aromatic rings. The van der Waals surface area contributed by atoms with Gasteiger partial charge in [0.1, 0.15) is 0 Å². The van der Waals surface area contributed by atoms with Crippen LogP contribution >= 0.6 is 15.9 Å². The fraction of sp³-hybridized carbons (Fsp3) is 0.364. The number of aromatic carboxylic acids is 1. The van der Waals surface area contributed by atoms with Gasteiger partial charge in [0.25, 0.3) is 0 Å². The van der Waals surface area contributed by atoms with Crippen molar-refractivity contribution >= 4 is 34.5 Å². The molecule has 6 heteroatoms. The standard InChI is InChI=1S/C7H6BBrO4.C4H10/c9-4-1-2-5(7(10)11)6(3-4)8(12)13;1-4(2)3/h1-3,12-13H,(H,10,11);4H,1-3H3. The summed E-state index contributed by atoms with van der Waals surface area (Å²) >= 11 is 3.10. The van der Waals surface area contributed by atoms with E-state index in [1.54, 1.807) is 0 Å². The van der Waals surface area contributed by atoms with Gasteiger partial charge in [-0.25, -0.2) is 4.79 Å². The van der Waals surface area contributed by atoms with Crippen LogP contribution in [0, 0.1) is 5.92 Å². The molecule has 0 unspecified atom stereocenters. The lowest BCUT2D eigenvalue weighted by Crippen LogP contribution is -2.34. The van der Waals surface area contributed by atoms with E-state index in [1.165, 1.54) is 18.2 Å². The quantitative estimate of drug-likeness (QED) is 0.723. The third-order valence-corrected chi connectivity index (χ3v) is 2.02. The number of rotatable bonds is 2. The maximum absolute atomic E-state index is 10.6. The molecule has 3 N–H and O–H groups in total. The van der Waals surface area contributed by atoms with Crippen LogP contribution in [0.3, 0.4) is 0 Å². The lowest BCUT2D eigenvalue weighted by Gasteiger charge is -2.04. The molecule has 0 heterocycles. The molecule has 0 saturated heterocycles. The van der Waals surface area contributed by atoms with E-state index in [0.717, 1.165) is 5.92 Å². The first kappa shape index (κ1) is 16.2. The molecule has 4 nitrogen and oxygen atoms in total. The molecule has 0 aliphatic carbocycles. The normalized spacial score (nSPS) is 9.59. The van der Waals surface area contributed by atoms with Crippen molar-refractivity contribution < 1.29 is 19.9 Å². The highest BCUT2D eigenvalue weighted by Gasteiger charge is 2.19. The Morgan fingerprint density at radius 3 is 2.12 bits per heavy atom. The first-order valence-corrected chi connectivity index (χ1v) is 5.93. The average molecular weight is 303 g/mol. The predicted molar refractivity (Wildman–Crippen MR) is 71.4 cm³/mol. The van der Waals surface area contributed by atoms with E-state index in [4.69, 9.17) is 15.2 Å². The van der Waals surface area contributed by atoms with Gasteiger partial charge in [0, 0.05) is 4.47 Å². The van der Waals surface area contributed by atoms with Gasteiger partial charge in [0.2, 0.25) is 0 Å². The van der Waals surface area contributed by atoms with Crippen molar-refractivity contribution in [2.75, 3.05) is 0 Å². The highest BCUT2D eigenvalue weighted by Crippen LogP contribution is 2.09. The number of benzene rings is 1. The van der Waals surface area contributed by atoms with Gasteiger partial charge >= 0.3 is 13.1 Å². The number of carbonyl (C=O) groups is 1. The van der Waals surface area contributed by atoms with E-state index in [1.807, 2.05) is 0 Å². The van der Waals surface area contributed by atoms with Crippen LogP contribution in [0.1, 0.15) is 31.1 Å². The first-order valence-electron chi connectivity index (χ1n) is 5.14. The lowest BCUT2D eigenvalue weighted by atomic mass is 9.77. The van der Waals surface area contributed by atoms with Gasteiger partial charge in [-0.2, -0.15) is 0 Å². The van der Waals surface area contributed by atoms with Crippen LogP contribution in [0.25, 0.3) is 0 Å². The number of hydrogen-bond acceptors (Lipinski definition) is 3. The number of carboxylic acids is 1. The van der Waals surface area contributed by atoms with Gasteiger partial charge in [0.05, 0.1) is 5.56 Å². The molecular formula is C11H16BBrO4. The van der Waals surface area contributed by atoms with Gasteiger partial charge in [0.15, 0.2) is 0 Å². The predicted octanol–water partition coefficient (Wildman–Crippen LogP) is 1.49. The molecule has 1 aromatic carbocycles. The van der Waals surface area contributed by atoms with Crippen molar-refractivity contribution in [3.05, 3.63) is 28.2 Å². The molecule has 0 amide bonds. The SMILES string of the molecule is CC(C)C.O=C(O)c1ccc(Br)cc1B(O)O.